The van der Waals surface area contributed by atoms with Gasteiger partial charge in [-0.3, -0.25) is 0 Å². The molecule has 1 saturated heterocycles. The number of halogens is 1. The predicted octanol–water partition coefficient (Wildman–Crippen LogP) is 2.21. The molecular weight excluding hydrogens is 322 g/mol. The van der Waals surface area contributed by atoms with Crippen molar-refractivity contribution in [3.05, 3.63) is 28.8 Å². The molecule has 0 saturated carbocycles. The normalized spacial score (nSPS) is 17.1. The highest BCUT2D eigenvalue weighted by atomic mass is 35.5. The molecule has 1 fully saturated rings. The van der Waals surface area contributed by atoms with E-state index in [4.69, 9.17) is 16.7 Å². The van der Waals surface area contributed by atoms with Crippen molar-refractivity contribution in [2.24, 2.45) is 0 Å². The van der Waals surface area contributed by atoms with Crippen LogP contribution >= 0.6 is 23.4 Å². The van der Waals surface area contributed by atoms with Crippen LogP contribution in [-0.2, 0) is 10.0 Å². The van der Waals surface area contributed by atoms with E-state index in [1.54, 1.807) is 11.8 Å². The summed E-state index contributed by atoms with van der Waals surface area (Å²) in [6.07, 6.45) is 1.56. The van der Waals surface area contributed by atoms with E-state index in [2.05, 4.69) is 4.72 Å². The maximum absolute atomic E-state index is 12.2. The molecule has 0 bridgehead atoms. The summed E-state index contributed by atoms with van der Waals surface area (Å²) < 4.78 is 27.1. The van der Waals surface area contributed by atoms with Crippen molar-refractivity contribution in [3.63, 3.8) is 0 Å². The summed E-state index contributed by atoms with van der Waals surface area (Å²) >= 11 is 7.53. The summed E-state index contributed by atoms with van der Waals surface area (Å²) in [7, 11) is -3.71. The lowest BCUT2D eigenvalue weighted by Gasteiger charge is -2.22. The second-order valence-corrected chi connectivity index (χ2v) is 7.80. The van der Waals surface area contributed by atoms with Gasteiger partial charge in [0, 0.05) is 6.04 Å². The van der Waals surface area contributed by atoms with Gasteiger partial charge in [0.15, 0.2) is 0 Å². The molecule has 0 radical (unpaired) electrons. The molecule has 1 aliphatic heterocycles. The third kappa shape index (κ3) is 3.66. The minimum Gasteiger partial charge on any atom is -0.478 e. The van der Waals surface area contributed by atoms with Gasteiger partial charge in [-0.15, -0.1) is 0 Å². The van der Waals surface area contributed by atoms with Gasteiger partial charge in [0.1, 0.15) is 0 Å². The maximum atomic E-state index is 12.2. The number of benzene rings is 1. The van der Waals surface area contributed by atoms with Crippen molar-refractivity contribution in [3.8, 4) is 0 Å². The van der Waals surface area contributed by atoms with Gasteiger partial charge >= 0.3 is 5.97 Å². The van der Waals surface area contributed by atoms with Crippen molar-refractivity contribution in [2.75, 3.05) is 11.5 Å². The van der Waals surface area contributed by atoms with E-state index in [1.807, 2.05) is 0 Å². The van der Waals surface area contributed by atoms with Gasteiger partial charge in [-0.1, -0.05) is 11.6 Å². The molecule has 20 heavy (non-hydrogen) atoms. The number of hydrogen-bond donors (Lipinski definition) is 2. The SMILES string of the molecule is O=C(O)c1cc(S(=O)(=O)NC2CCSCC2)ccc1Cl. The molecule has 5 nitrogen and oxygen atoms in total. The van der Waals surface area contributed by atoms with E-state index in [1.165, 1.54) is 12.1 Å². The lowest BCUT2D eigenvalue weighted by molar-refractivity contribution is 0.0697. The molecule has 0 spiro atoms. The summed E-state index contributed by atoms with van der Waals surface area (Å²) in [4.78, 5) is 10.9. The standard InChI is InChI=1S/C12H14ClNO4S2/c13-11-2-1-9(7-10(11)12(15)16)20(17,18)14-8-3-5-19-6-4-8/h1-2,7-8,14H,3-6H2,(H,15,16). The van der Waals surface area contributed by atoms with E-state index in [-0.39, 0.29) is 21.5 Å². The molecule has 0 aliphatic carbocycles. The van der Waals surface area contributed by atoms with E-state index in [0.717, 1.165) is 30.4 Å². The van der Waals surface area contributed by atoms with Gasteiger partial charge in [-0.2, -0.15) is 11.8 Å². The number of rotatable bonds is 4. The Kier molecular flexibility index (Phi) is 4.95. The zero-order chi connectivity index (χ0) is 14.8. The van der Waals surface area contributed by atoms with Gasteiger partial charge in [-0.25, -0.2) is 17.9 Å². The monoisotopic (exact) mass is 335 g/mol. The number of sulfonamides is 1. The highest BCUT2D eigenvalue weighted by Gasteiger charge is 2.23. The van der Waals surface area contributed by atoms with Crippen LogP contribution in [0.3, 0.4) is 0 Å². The number of thioether (sulfide) groups is 1. The predicted molar refractivity (Wildman–Crippen MR) is 79.1 cm³/mol. The Hall–Kier alpha value is -0.760. The van der Waals surface area contributed by atoms with E-state index >= 15 is 0 Å². The first-order chi connectivity index (χ1) is 9.40. The van der Waals surface area contributed by atoms with E-state index in [0.29, 0.717) is 0 Å². The van der Waals surface area contributed by atoms with Crippen LogP contribution in [0.25, 0.3) is 0 Å². The van der Waals surface area contributed by atoms with Crippen LogP contribution in [0, 0.1) is 0 Å². The molecular formula is C12H14ClNO4S2. The number of nitrogens with one attached hydrogen (secondary N) is 1. The van der Waals surface area contributed by atoms with Crippen molar-refractivity contribution in [1.29, 1.82) is 0 Å². The largest absolute Gasteiger partial charge is 0.478 e. The molecule has 0 aromatic heterocycles. The zero-order valence-corrected chi connectivity index (χ0v) is 12.9. The highest BCUT2D eigenvalue weighted by molar-refractivity contribution is 7.99. The fourth-order valence-electron chi connectivity index (χ4n) is 1.94. The maximum Gasteiger partial charge on any atom is 0.337 e. The van der Waals surface area contributed by atoms with Crippen molar-refractivity contribution in [2.45, 2.75) is 23.8 Å². The first-order valence-corrected chi connectivity index (χ1v) is 9.04. The Morgan fingerprint density at radius 1 is 1.35 bits per heavy atom. The number of aromatic carboxylic acids is 1. The number of carbonyl (C=O) groups is 1. The Morgan fingerprint density at radius 2 is 2.00 bits per heavy atom. The van der Waals surface area contributed by atoms with Gasteiger partial charge in [0.2, 0.25) is 10.0 Å². The van der Waals surface area contributed by atoms with Crippen LogP contribution in [0.2, 0.25) is 5.02 Å². The van der Waals surface area contributed by atoms with E-state index in [9.17, 15) is 13.2 Å². The van der Waals surface area contributed by atoms with Crippen molar-refractivity contribution >= 4 is 39.4 Å². The fourth-order valence-corrected chi connectivity index (χ4v) is 4.57. The van der Waals surface area contributed by atoms with Crippen LogP contribution in [0.15, 0.2) is 23.1 Å². The number of hydrogen-bond acceptors (Lipinski definition) is 4. The first-order valence-electron chi connectivity index (χ1n) is 6.03. The molecule has 1 aliphatic rings. The van der Waals surface area contributed by atoms with Crippen molar-refractivity contribution < 1.29 is 18.3 Å². The van der Waals surface area contributed by atoms with Crippen LogP contribution in [0.4, 0.5) is 0 Å². The molecule has 2 rings (SSSR count). The quantitative estimate of drug-likeness (QED) is 0.881. The molecule has 0 amide bonds. The van der Waals surface area contributed by atoms with Crippen LogP contribution in [0.5, 0.6) is 0 Å². The van der Waals surface area contributed by atoms with Crippen LogP contribution in [0.1, 0.15) is 23.2 Å². The number of carboxylic acid groups (broad SMARTS) is 1. The summed E-state index contributed by atoms with van der Waals surface area (Å²) in [6, 6.07) is 3.60. The second kappa shape index (κ2) is 6.34. The minimum atomic E-state index is -3.71. The third-order valence-corrected chi connectivity index (χ3v) is 5.92. The number of carboxylic acids is 1. The molecule has 8 heteroatoms. The summed E-state index contributed by atoms with van der Waals surface area (Å²) in [6.45, 7) is 0. The van der Waals surface area contributed by atoms with E-state index < -0.39 is 16.0 Å². The fraction of sp³-hybridized carbons (Fsp3) is 0.417. The van der Waals surface area contributed by atoms with Crippen LogP contribution in [-0.4, -0.2) is 37.0 Å². The second-order valence-electron chi connectivity index (χ2n) is 4.45. The average Bonchev–Trinajstić information content (AvgIpc) is 2.39. The Balaban J connectivity index is 2.24. The first kappa shape index (κ1) is 15.6. The lowest BCUT2D eigenvalue weighted by atomic mass is 10.2. The highest BCUT2D eigenvalue weighted by Crippen LogP contribution is 2.23. The van der Waals surface area contributed by atoms with Gasteiger partial charge in [0.25, 0.3) is 0 Å². The molecule has 1 heterocycles. The van der Waals surface area contributed by atoms with Crippen LogP contribution < -0.4 is 4.72 Å². The molecule has 1 aromatic rings. The summed E-state index contributed by atoms with van der Waals surface area (Å²) in [5.74, 6) is 0.601. The minimum absolute atomic E-state index is 0.0190. The smallest absolute Gasteiger partial charge is 0.337 e. The zero-order valence-electron chi connectivity index (χ0n) is 10.5. The lowest BCUT2D eigenvalue weighted by Crippen LogP contribution is -2.37. The van der Waals surface area contributed by atoms with Crippen molar-refractivity contribution in [1.82, 2.24) is 4.72 Å². The summed E-state index contributed by atoms with van der Waals surface area (Å²) in [5, 5.41) is 8.99. The Morgan fingerprint density at radius 3 is 2.60 bits per heavy atom. The Labute approximate surface area is 126 Å². The van der Waals surface area contributed by atoms with Gasteiger partial charge < -0.3 is 5.11 Å². The third-order valence-electron chi connectivity index (χ3n) is 3.02. The Bertz CT molecular complexity index is 612. The van der Waals surface area contributed by atoms with Gasteiger partial charge in [-0.05, 0) is 42.5 Å². The molecule has 1 aromatic carbocycles. The van der Waals surface area contributed by atoms with Gasteiger partial charge in [0.05, 0.1) is 15.5 Å². The molecule has 110 valence electrons. The molecule has 2 N–H and O–H groups in total. The topological polar surface area (TPSA) is 83.5 Å². The average molecular weight is 336 g/mol. The summed E-state index contributed by atoms with van der Waals surface area (Å²) in [5.41, 5.74) is -0.214. The molecule has 0 unspecified atom stereocenters. The molecule has 0 atom stereocenters.